The smallest absolute Gasteiger partial charge is 0.257 e. The first-order valence-corrected chi connectivity index (χ1v) is 14.2. The van der Waals surface area contributed by atoms with Crippen LogP contribution in [-0.2, 0) is 19.6 Å². The van der Waals surface area contributed by atoms with Crippen LogP contribution >= 0.6 is 0 Å². The molecule has 2 amide bonds. The largest absolute Gasteiger partial charge is 0.491 e. The maximum absolute atomic E-state index is 13.6. The molecule has 35 heavy (non-hydrogen) atoms. The van der Waals surface area contributed by atoms with Gasteiger partial charge in [-0.15, -0.1) is 0 Å². The quantitative estimate of drug-likeness (QED) is 0.669. The van der Waals surface area contributed by atoms with Gasteiger partial charge in [0.25, 0.3) is 5.91 Å². The topological polar surface area (TPSA) is 105 Å². The third-order valence-electron chi connectivity index (χ3n) is 6.99. The summed E-state index contributed by atoms with van der Waals surface area (Å²) in [6.45, 7) is 5.05. The summed E-state index contributed by atoms with van der Waals surface area (Å²) in [4.78, 5) is 30.4. The van der Waals surface area contributed by atoms with E-state index in [2.05, 4.69) is 4.72 Å². The molecule has 3 atom stereocenters. The third kappa shape index (κ3) is 7.10. The predicted octanol–water partition coefficient (Wildman–Crippen LogP) is 2.97. The van der Waals surface area contributed by atoms with Gasteiger partial charge in [-0.3, -0.25) is 14.3 Å². The summed E-state index contributed by atoms with van der Waals surface area (Å²) in [7, 11) is -0.211. The van der Waals surface area contributed by atoms with E-state index in [1.807, 2.05) is 18.7 Å². The molecule has 1 heterocycles. The van der Waals surface area contributed by atoms with E-state index in [0.29, 0.717) is 18.8 Å². The van der Waals surface area contributed by atoms with Gasteiger partial charge in [0, 0.05) is 44.8 Å². The van der Waals surface area contributed by atoms with Gasteiger partial charge in [-0.05, 0) is 38.0 Å². The van der Waals surface area contributed by atoms with Crippen molar-refractivity contribution in [2.24, 2.45) is 11.8 Å². The zero-order chi connectivity index (χ0) is 25.8. The molecule has 2 aliphatic rings. The number of anilines is 1. The van der Waals surface area contributed by atoms with Crippen LogP contribution in [0.2, 0.25) is 0 Å². The average molecular weight is 510 g/mol. The molecule has 0 aromatic heterocycles. The molecule has 0 unspecified atom stereocenters. The first-order valence-electron chi connectivity index (χ1n) is 12.3. The van der Waals surface area contributed by atoms with Crippen molar-refractivity contribution >= 4 is 27.5 Å². The Labute approximate surface area is 209 Å². The Morgan fingerprint density at radius 3 is 2.46 bits per heavy atom. The van der Waals surface area contributed by atoms with Gasteiger partial charge >= 0.3 is 0 Å². The number of ether oxygens (including phenoxy) is 2. The van der Waals surface area contributed by atoms with E-state index in [0.717, 1.165) is 31.9 Å². The number of hydrogen-bond acceptors (Lipinski definition) is 6. The van der Waals surface area contributed by atoms with Crippen LogP contribution in [0.5, 0.6) is 5.75 Å². The van der Waals surface area contributed by atoms with Crippen LogP contribution in [0.4, 0.5) is 5.69 Å². The number of nitrogens with zero attached hydrogens (tertiary/aromatic N) is 2. The fraction of sp³-hybridized carbons (Fsp3) is 0.680. The SMILES string of the molecule is CO[C@H]1CN(C)C(=O)c2cc(NS(C)(=O)=O)ccc2OC[C@@H](C)N(C(=O)C2CCCCC2)C[C@H]1C. The predicted molar refractivity (Wildman–Crippen MR) is 135 cm³/mol. The van der Waals surface area contributed by atoms with E-state index >= 15 is 0 Å². The number of sulfonamides is 1. The maximum atomic E-state index is 13.6. The van der Waals surface area contributed by atoms with Crippen molar-refractivity contribution in [1.82, 2.24) is 9.80 Å². The number of benzene rings is 1. The van der Waals surface area contributed by atoms with Crippen LogP contribution in [0.3, 0.4) is 0 Å². The summed E-state index contributed by atoms with van der Waals surface area (Å²) in [5.41, 5.74) is 0.532. The highest BCUT2D eigenvalue weighted by molar-refractivity contribution is 7.92. The zero-order valence-corrected chi connectivity index (χ0v) is 22.3. The first kappa shape index (κ1) is 27.3. The van der Waals surface area contributed by atoms with E-state index in [1.165, 1.54) is 12.5 Å². The minimum atomic E-state index is -3.51. The van der Waals surface area contributed by atoms with Crippen molar-refractivity contribution in [2.45, 2.75) is 58.1 Å². The summed E-state index contributed by atoms with van der Waals surface area (Å²) >= 11 is 0. The van der Waals surface area contributed by atoms with Crippen LogP contribution in [0.1, 0.15) is 56.3 Å². The highest BCUT2D eigenvalue weighted by atomic mass is 32.2. The molecule has 10 heteroatoms. The Morgan fingerprint density at radius 1 is 1.14 bits per heavy atom. The first-order chi connectivity index (χ1) is 16.5. The van der Waals surface area contributed by atoms with Crippen LogP contribution < -0.4 is 9.46 Å². The second-order valence-corrected chi connectivity index (χ2v) is 11.8. The van der Waals surface area contributed by atoms with Gasteiger partial charge in [-0.1, -0.05) is 26.2 Å². The van der Waals surface area contributed by atoms with E-state index in [9.17, 15) is 18.0 Å². The summed E-state index contributed by atoms with van der Waals surface area (Å²) in [6, 6.07) is 4.44. The number of amides is 2. The fourth-order valence-electron chi connectivity index (χ4n) is 4.95. The van der Waals surface area contributed by atoms with Crippen LogP contribution in [0.15, 0.2) is 18.2 Å². The second kappa shape index (κ2) is 11.6. The number of methoxy groups -OCH3 is 1. The van der Waals surface area contributed by atoms with Crippen molar-refractivity contribution < 1.29 is 27.5 Å². The van der Waals surface area contributed by atoms with E-state index in [4.69, 9.17) is 9.47 Å². The van der Waals surface area contributed by atoms with Crippen LogP contribution in [-0.4, -0.2) is 82.3 Å². The summed E-state index contributed by atoms with van der Waals surface area (Å²) < 4.78 is 37.7. The molecule has 9 nitrogen and oxygen atoms in total. The number of carbonyl (C=O) groups is 2. The van der Waals surface area contributed by atoms with Gasteiger partial charge in [0.2, 0.25) is 15.9 Å². The van der Waals surface area contributed by atoms with Gasteiger partial charge < -0.3 is 19.3 Å². The molecule has 0 bridgehead atoms. The molecule has 196 valence electrons. The second-order valence-electron chi connectivity index (χ2n) is 10.0. The molecule has 0 radical (unpaired) electrons. The van der Waals surface area contributed by atoms with Gasteiger partial charge in [-0.2, -0.15) is 0 Å². The number of rotatable bonds is 4. The number of likely N-dealkylation sites (N-methyl/N-ethyl adjacent to an activating group) is 1. The van der Waals surface area contributed by atoms with Crippen molar-refractivity contribution in [3.8, 4) is 5.75 Å². The minimum Gasteiger partial charge on any atom is -0.491 e. The highest BCUT2D eigenvalue weighted by Gasteiger charge is 2.33. The standard InChI is InChI=1S/C25H39N3O6S/c1-17-14-28(24(29)19-9-7-6-8-10-19)18(2)16-34-22-12-11-20(26-35(5,31)32)13-21(22)25(30)27(3)15-23(17)33-4/h11-13,17-19,23,26H,6-10,14-16H2,1-5H3/t17-,18-,23+/m1/s1. The monoisotopic (exact) mass is 509 g/mol. The van der Waals surface area contributed by atoms with Crippen molar-refractivity contribution in [3.05, 3.63) is 23.8 Å². The summed E-state index contributed by atoms with van der Waals surface area (Å²) in [5, 5.41) is 0. The van der Waals surface area contributed by atoms with Crippen molar-refractivity contribution in [3.63, 3.8) is 0 Å². The molecule has 1 aromatic rings. The van der Waals surface area contributed by atoms with E-state index in [1.54, 1.807) is 31.2 Å². The lowest BCUT2D eigenvalue weighted by atomic mass is 9.87. The van der Waals surface area contributed by atoms with Crippen LogP contribution in [0.25, 0.3) is 0 Å². The number of hydrogen-bond donors (Lipinski definition) is 1. The maximum Gasteiger partial charge on any atom is 0.257 e. The number of fused-ring (bicyclic) bond motifs is 1. The van der Waals surface area contributed by atoms with E-state index < -0.39 is 10.0 Å². The lowest BCUT2D eigenvalue weighted by molar-refractivity contribution is -0.141. The molecule has 3 rings (SSSR count). The molecule has 0 saturated heterocycles. The molecule has 1 aromatic carbocycles. The third-order valence-corrected chi connectivity index (χ3v) is 7.59. The molecule has 0 spiro atoms. The molecule has 1 aliphatic carbocycles. The van der Waals surface area contributed by atoms with E-state index in [-0.39, 0.29) is 53.7 Å². The lowest BCUT2D eigenvalue weighted by Crippen LogP contribution is -2.50. The molecule has 1 N–H and O–H groups in total. The summed E-state index contributed by atoms with van der Waals surface area (Å²) in [6.07, 6.45) is 5.95. The van der Waals surface area contributed by atoms with Crippen molar-refractivity contribution in [1.29, 1.82) is 0 Å². The highest BCUT2D eigenvalue weighted by Crippen LogP contribution is 2.29. The molecular weight excluding hydrogens is 470 g/mol. The minimum absolute atomic E-state index is 0.0117. The normalized spacial score (nSPS) is 25.2. The Hall–Kier alpha value is -2.33. The van der Waals surface area contributed by atoms with Gasteiger partial charge in [0.05, 0.1) is 24.0 Å². The van der Waals surface area contributed by atoms with Gasteiger partial charge in [0.1, 0.15) is 12.4 Å². The number of nitrogens with one attached hydrogen (secondary N) is 1. The van der Waals surface area contributed by atoms with Crippen LogP contribution in [0, 0.1) is 11.8 Å². The average Bonchev–Trinajstić information content (AvgIpc) is 2.82. The fourth-order valence-corrected chi connectivity index (χ4v) is 5.50. The van der Waals surface area contributed by atoms with Crippen molar-refractivity contribution in [2.75, 3.05) is 44.8 Å². The number of carbonyl (C=O) groups excluding carboxylic acids is 2. The lowest BCUT2D eigenvalue weighted by Gasteiger charge is -2.38. The Morgan fingerprint density at radius 2 is 1.83 bits per heavy atom. The Balaban J connectivity index is 1.95. The Kier molecular flexibility index (Phi) is 9.04. The zero-order valence-electron chi connectivity index (χ0n) is 21.5. The van der Waals surface area contributed by atoms with Gasteiger partial charge in [0.15, 0.2) is 0 Å². The van der Waals surface area contributed by atoms with Gasteiger partial charge in [-0.25, -0.2) is 8.42 Å². The summed E-state index contributed by atoms with van der Waals surface area (Å²) in [5.74, 6) is 0.239. The molecule has 1 fully saturated rings. The molecule has 1 saturated carbocycles. The Bertz CT molecular complexity index is 1010. The molecule has 1 aliphatic heterocycles. The molecular formula is C25H39N3O6S.